The first kappa shape index (κ1) is 14.8. The van der Waals surface area contributed by atoms with Crippen LogP contribution in [0.25, 0.3) is 0 Å². The number of nitrogens with zero attached hydrogens (tertiary/aromatic N) is 1. The average molecular weight is 275 g/mol. The Morgan fingerprint density at radius 2 is 2.10 bits per heavy atom. The van der Waals surface area contributed by atoms with E-state index in [1.165, 1.54) is 25.7 Å². The van der Waals surface area contributed by atoms with Gasteiger partial charge in [-0.3, -0.25) is 9.78 Å². The largest absolute Gasteiger partial charge is 0.388 e. The highest BCUT2D eigenvalue weighted by atomic mass is 16.1. The molecule has 0 radical (unpaired) electrons. The molecule has 110 valence electrons. The van der Waals surface area contributed by atoms with E-state index in [-0.39, 0.29) is 5.91 Å². The van der Waals surface area contributed by atoms with Crippen molar-refractivity contribution in [2.24, 2.45) is 11.8 Å². The summed E-state index contributed by atoms with van der Waals surface area (Å²) in [4.78, 5) is 16.1. The van der Waals surface area contributed by atoms with Crippen LogP contribution in [0.1, 0.15) is 49.5 Å². The molecule has 4 nitrogen and oxygen atoms in total. The minimum Gasteiger partial charge on any atom is -0.388 e. The third-order valence-electron chi connectivity index (χ3n) is 4.25. The Morgan fingerprint density at radius 3 is 2.80 bits per heavy atom. The van der Waals surface area contributed by atoms with Gasteiger partial charge < -0.3 is 10.6 Å². The number of hydrogen-bond donors (Lipinski definition) is 2. The van der Waals surface area contributed by atoms with Gasteiger partial charge in [-0.1, -0.05) is 32.6 Å². The number of hydrogen-bond acceptors (Lipinski definition) is 3. The van der Waals surface area contributed by atoms with Gasteiger partial charge in [0.2, 0.25) is 0 Å². The maximum absolute atomic E-state index is 12.0. The molecule has 1 aliphatic carbocycles. The number of nitrogens with one attached hydrogen (secondary N) is 2. The van der Waals surface area contributed by atoms with Gasteiger partial charge in [-0.2, -0.15) is 0 Å². The fourth-order valence-corrected chi connectivity index (χ4v) is 2.81. The third kappa shape index (κ3) is 4.22. The zero-order valence-corrected chi connectivity index (χ0v) is 12.5. The third-order valence-corrected chi connectivity index (χ3v) is 4.25. The normalized spacial score (nSPS) is 22.3. The lowest BCUT2D eigenvalue weighted by Crippen LogP contribution is -2.27. The van der Waals surface area contributed by atoms with Crippen LogP contribution >= 0.6 is 0 Å². The molecule has 0 aromatic carbocycles. The Bertz CT molecular complexity index is 439. The van der Waals surface area contributed by atoms with Gasteiger partial charge in [0.05, 0.1) is 0 Å². The first-order valence-electron chi connectivity index (χ1n) is 7.61. The molecule has 1 fully saturated rings. The van der Waals surface area contributed by atoms with E-state index in [2.05, 4.69) is 22.5 Å². The second-order valence-electron chi connectivity index (χ2n) is 5.85. The van der Waals surface area contributed by atoms with E-state index in [4.69, 9.17) is 0 Å². The summed E-state index contributed by atoms with van der Waals surface area (Å²) in [6.07, 6.45) is 8.04. The summed E-state index contributed by atoms with van der Waals surface area (Å²) in [7, 11) is 1.83. The zero-order chi connectivity index (χ0) is 14.4. The van der Waals surface area contributed by atoms with E-state index < -0.39 is 0 Å². The highest BCUT2D eigenvalue weighted by Crippen LogP contribution is 2.29. The van der Waals surface area contributed by atoms with Crippen molar-refractivity contribution in [1.29, 1.82) is 0 Å². The maximum Gasteiger partial charge on any atom is 0.269 e. The molecule has 2 N–H and O–H groups in total. The molecule has 1 saturated carbocycles. The summed E-state index contributed by atoms with van der Waals surface area (Å²) in [5, 5.41) is 5.99. The lowest BCUT2D eigenvalue weighted by molar-refractivity contribution is 0.0945. The van der Waals surface area contributed by atoms with Crippen LogP contribution in [-0.2, 0) is 0 Å². The molecule has 1 aliphatic rings. The highest BCUT2D eigenvalue weighted by molar-refractivity contribution is 5.93. The van der Waals surface area contributed by atoms with Crippen LogP contribution in [0.2, 0.25) is 0 Å². The van der Waals surface area contributed by atoms with E-state index in [1.54, 1.807) is 12.3 Å². The van der Waals surface area contributed by atoms with Crippen molar-refractivity contribution in [3.05, 3.63) is 24.0 Å². The number of carbonyl (C=O) groups excluding carboxylic acids is 1. The SMILES string of the molecule is CNc1ccnc(C(=O)NCCC2CCC(C)CC2)c1. The van der Waals surface area contributed by atoms with Crippen molar-refractivity contribution in [2.45, 2.75) is 39.0 Å². The molecule has 2 rings (SSSR count). The standard InChI is InChI=1S/C16H25N3O/c1-12-3-5-13(6-4-12)7-9-19-16(20)15-11-14(17-2)8-10-18-15/h8,10-13H,3-7,9H2,1-2H3,(H,17,18)(H,19,20). The van der Waals surface area contributed by atoms with Crippen molar-refractivity contribution < 1.29 is 4.79 Å². The van der Waals surface area contributed by atoms with Crippen LogP contribution < -0.4 is 10.6 Å². The summed E-state index contributed by atoms with van der Waals surface area (Å²) < 4.78 is 0. The molecule has 0 bridgehead atoms. The van der Waals surface area contributed by atoms with E-state index in [1.807, 2.05) is 13.1 Å². The van der Waals surface area contributed by atoms with E-state index in [0.29, 0.717) is 5.69 Å². The predicted molar refractivity (Wildman–Crippen MR) is 81.9 cm³/mol. The van der Waals surface area contributed by atoms with Gasteiger partial charge in [-0.15, -0.1) is 0 Å². The Kier molecular flexibility index (Phi) is 5.39. The van der Waals surface area contributed by atoms with Gasteiger partial charge in [0, 0.05) is 25.5 Å². The summed E-state index contributed by atoms with van der Waals surface area (Å²) in [6.45, 7) is 3.09. The molecule has 1 heterocycles. The van der Waals surface area contributed by atoms with Crippen molar-refractivity contribution in [3.8, 4) is 0 Å². The highest BCUT2D eigenvalue weighted by Gasteiger charge is 2.18. The fraction of sp³-hybridized carbons (Fsp3) is 0.625. The topological polar surface area (TPSA) is 54.0 Å². The van der Waals surface area contributed by atoms with Gasteiger partial charge >= 0.3 is 0 Å². The Labute approximate surface area is 121 Å². The molecule has 0 unspecified atom stereocenters. The Hall–Kier alpha value is -1.58. The average Bonchev–Trinajstić information content (AvgIpc) is 2.49. The predicted octanol–water partition coefficient (Wildman–Crippen LogP) is 3.07. The van der Waals surface area contributed by atoms with Crippen molar-refractivity contribution >= 4 is 11.6 Å². The van der Waals surface area contributed by atoms with Crippen LogP contribution in [0.3, 0.4) is 0 Å². The van der Waals surface area contributed by atoms with Crippen LogP contribution in [0.5, 0.6) is 0 Å². The van der Waals surface area contributed by atoms with Crippen molar-refractivity contribution in [1.82, 2.24) is 10.3 Å². The summed E-state index contributed by atoms with van der Waals surface area (Å²) in [5.41, 5.74) is 1.39. The van der Waals surface area contributed by atoms with Crippen molar-refractivity contribution in [2.75, 3.05) is 18.9 Å². The first-order chi connectivity index (χ1) is 9.69. The second-order valence-corrected chi connectivity index (χ2v) is 5.85. The van der Waals surface area contributed by atoms with Gasteiger partial charge in [0.25, 0.3) is 5.91 Å². The number of carbonyl (C=O) groups is 1. The fourth-order valence-electron chi connectivity index (χ4n) is 2.81. The first-order valence-corrected chi connectivity index (χ1v) is 7.61. The minimum absolute atomic E-state index is 0.0775. The van der Waals surface area contributed by atoms with Gasteiger partial charge in [-0.05, 0) is 30.4 Å². The molecular weight excluding hydrogens is 250 g/mol. The van der Waals surface area contributed by atoms with Gasteiger partial charge in [-0.25, -0.2) is 0 Å². The van der Waals surface area contributed by atoms with Gasteiger partial charge in [0.15, 0.2) is 0 Å². The molecule has 0 spiro atoms. The smallest absolute Gasteiger partial charge is 0.269 e. The Balaban J connectivity index is 1.74. The molecule has 0 saturated heterocycles. The van der Waals surface area contributed by atoms with E-state index in [0.717, 1.165) is 30.5 Å². The monoisotopic (exact) mass is 275 g/mol. The number of rotatable bonds is 5. The quantitative estimate of drug-likeness (QED) is 0.868. The summed E-state index contributed by atoms with van der Waals surface area (Å²) in [6, 6.07) is 3.62. The lowest BCUT2D eigenvalue weighted by atomic mass is 9.81. The second kappa shape index (κ2) is 7.27. The number of anilines is 1. The molecule has 1 amide bonds. The van der Waals surface area contributed by atoms with Crippen LogP contribution in [-0.4, -0.2) is 24.5 Å². The molecule has 1 aromatic heterocycles. The molecular formula is C16H25N3O. The zero-order valence-electron chi connectivity index (χ0n) is 12.5. The molecule has 0 atom stereocenters. The van der Waals surface area contributed by atoms with Crippen LogP contribution in [0, 0.1) is 11.8 Å². The molecule has 0 aliphatic heterocycles. The summed E-state index contributed by atoms with van der Waals surface area (Å²) in [5.74, 6) is 1.59. The molecule has 20 heavy (non-hydrogen) atoms. The number of amides is 1. The van der Waals surface area contributed by atoms with Crippen LogP contribution in [0.15, 0.2) is 18.3 Å². The van der Waals surface area contributed by atoms with Crippen LogP contribution in [0.4, 0.5) is 5.69 Å². The van der Waals surface area contributed by atoms with E-state index >= 15 is 0 Å². The lowest BCUT2D eigenvalue weighted by Gasteiger charge is -2.26. The Morgan fingerprint density at radius 1 is 1.35 bits per heavy atom. The molecule has 1 aromatic rings. The number of aromatic nitrogens is 1. The maximum atomic E-state index is 12.0. The van der Waals surface area contributed by atoms with Crippen molar-refractivity contribution in [3.63, 3.8) is 0 Å². The number of pyridine rings is 1. The molecule has 4 heteroatoms. The van der Waals surface area contributed by atoms with E-state index in [9.17, 15) is 4.79 Å². The minimum atomic E-state index is -0.0775. The summed E-state index contributed by atoms with van der Waals surface area (Å²) >= 11 is 0. The van der Waals surface area contributed by atoms with Gasteiger partial charge in [0.1, 0.15) is 5.69 Å².